The highest BCUT2D eigenvalue weighted by Crippen LogP contribution is 2.11. The molecule has 0 amide bonds. The molecule has 0 bridgehead atoms. The topological polar surface area (TPSA) is 51.2 Å². The SMILES string of the molecule is CCOC(=O)/C=C(\C)Nc1ncccc1C. The van der Waals surface area contributed by atoms with Crippen LogP contribution in [-0.2, 0) is 9.53 Å². The van der Waals surface area contributed by atoms with Crippen molar-refractivity contribution in [1.29, 1.82) is 0 Å². The highest BCUT2D eigenvalue weighted by Gasteiger charge is 2.01. The van der Waals surface area contributed by atoms with Crippen molar-refractivity contribution in [2.75, 3.05) is 11.9 Å². The summed E-state index contributed by atoms with van der Waals surface area (Å²) in [4.78, 5) is 15.3. The molecule has 1 aromatic rings. The molecule has 0 unspecified atom stereocenters. The minimum absolute atomic E-state index is 0.346. The lowest BCUT2D eigenvalue weighted by Crippen LogP contribution is -2.05. The zero-order chi connectivity index (χ0) is 12.0. The molecule has 16 heavy (non-hydrogen) atoms. The normalized spacial score (nSPS) is 11.1. The van der Waals surface area contributed by atoms with Crippen LogP contribution in [0.3, 0.4) is 0 Å². The predicted octanol–water partition coefficient (Wildman–Crippen LogP) is 2.27. The van der Waals surface area contributed by atoms with Crippen LogP contribution in [-0.4, -0.2) is 17.6 Å². The number of anilines is 1. The molecule has 0 spiro atoms. The van der Waals surface area contributed by atoms with Crippen LogP contribution in [0.4, 0.5) is 5.82 Å². The number of esters is 1. The van der Waals surface area contributed by atoms with Crippen molar-refractivity contribution in [3.63, 3.8) is 0 Å². The Labute approximate surface area is 95.3 Å². The highest BCUT2D eigenvalue weighted by molar-refractivity contribution is 5.83. The lowest BCUT2D eigenvalue weighted by atomic mass is 10.3. The molecule has 1 heterocycles. The second-order valence-corrected chi connectivity index (χ2v) is 3.37. The van der Waals surface area contributed by atoms with Crippen LogP contribution < -0.4 is 5.32 Å². The highest BCUT2D eigenvalue weighted by atomic mass is 16.5. The van der Waals surface area contributed by atoms with Crippen LogP contribution >= 0.6 is 0 Å². The Hall–Kier alpha value is -1.84. The number of nitrogens with zero attached hydrogens (tertiary/aromatic N) is 1. The third-order valence-corrected chi connectivity index (χ3v) is 1.95. The Morgan fingerprint density at radius 3 is 3.00 bits per heavy atom. The van der Waals surface area contributed by atoms with Crippen LogP contribution in [0.2, 0.25) is 0 Å². The summed E-state index contributed by atoms with van der Waals surface area (Å²) in [6.07, 6.45) is 3.12. The average molecular weight is 220 g/mol. The van der Waals surface area contributed by atoms with E-state index >= 15 is 0 Å². The third kappa shape index (κ3) is 3.73. The molecule has 0 radical (unpaired) electrons. The summed E-state index contributed by atoms with van der Waals surface area (Å²) in [5, 5.41) is 3.05. The van der Waals surface area contributed by atoms with Crippen LogP contribution in [0.5, 0.6) is 0 Å². The summed E-state index contributed by atoms with van der Waals surface area (Å²) < 4.78 is 4.80. The van der Waals surface area contributed by atoms with Crippen molar-refractivity contribution in [3.05, 3.63) is 35.7 Å². The molecule has 0 aliphatic heterocycles. The van der Waals surface area contributed by atoms with Crippen LogP contribution in [0.1, 0.15) is 19.4 Å². The van der Waals surface area contributed by atoms with Crippen molar-refractivity contribution in [1.82, 2.24) is 4.98 Å². The molecule has 4 nitrogen and oxygen atoms in total. The van der Waals surface area contributed by atoms with Crippen molar-refractivity contribution in [2.45, 2.75) is 20.8 Å². The predicted molar refractivity (Wildman–Crippen MR) is 63.0 cm³/mol. The van der Waals surface area contributed by atoms with Crippen LogP contribution in [0, 0.1) is 6.92 Å². The van der Waals surface area contributed by atoms with Gasteiger partial charge < -0.3 is 10.1 Å². The largest absolute Gasteiger partial charge is 0.463 e. The Morgan fingerprint density at radius 2 is 2.38 bits per heavy atom. The van der Waals surface area contributed by atoms with Crippen molar-refractivity contribution < 1.29 is 9.53 Å². The summed E-state index contributed by atoms with van der Waals surface area (Å²) >= 11 is 0. The van der Waals surface area contributed by atoms with Crippen molar-refractivity contribution >= 4 is 11.8 Å². The van der Waals surface area contributed by atoms with Gasteiger partial charge in [0.1, 0.15) is 5.82 Å². The van der Waals surface area contributed by atoms with E-state index in [1.165, 1.54) is 6.08 Å². The maximum Gasteiger partial charge on any atom is 0.332 e. The molecular formula is C12H16N2O2. The molecule has 1 rings (SSSR count). The summed E-state index contributed by atoms with van der Waals surface area (Å²) in [5.74, 6) is 0.404. The third-order valence-electron chi connectivity index (χ3n) is 1.95. The van der Waals surface area contributed by atoms with Crippen molar-refractivity contribution in [3.8, 4) is 0 Å². The number of pyridine rings is 1. The van der Waals surface area contributed by atoms with E-state index in [9.17, 15) is 4.79 Å². The summed E-state index contributed by atoms with van der Waals surface area (Å²) in [5.41, 5.74) is 1.74. The smallest absolute Gasteiger partial charge is 0.332 e. The van der Waals surface area contributed by atoms with Gasteiger partial charge in [-0.15, -0.1) is 0 Å². The van der Waals surface area contributed by atoms with E-state index in [1.807, 2.05) is 19.1 Å². The number of rotatable bonds is 4. The molecule has 86 valence electrons. The summed E-state index contributed by atoms with van der Waals surface area (Å²) in [6, 6.07) is 3.82. The molecule has 0 aromatic carbocycles. The maximum absolute atomic E-state index is 11.2. The standard InChI is InChI=1S/C12H16N2O2/c1-4-16-11(15)8-10(3)14-12-9(2)6-5-7-13-12/h5-8H,4H2,1-3H3,(H,13,14)/b10-8+. The van der Waals surface area contributed by atoms with E-state index < -0.39 is 0 Å². The molecule has 0 atom stereocenters. The Balaban J connectivity index is 2.67. The van der Waals surface area contributed by atoms with Gasteiger partial charge in [0.05, 0.1) is 6.61 Å². The zero-order valence-electron chi connectivity index (χ0n) is 9.78. The van der Waals surface area contributed by atoms with Crippen molar-refractivity contribution in [2.24, 2.45) is 0 Å². The fourth-order valence-electron chi connectivity index (χ4n) is 1.20. The minimum Gasteiger partial charge on any atom is -0.463 e. The van der Waals surface area contributed by atoms with E-state index in [0.717, 1.165) is 11.4 Å². The number of allylic oxidation sites excluding steroid dienone is 1. The molecule has 4 heteroatoms. The number of hydrogen-bond acceptors (Lipinski definition) is 4. The number of aryl methyl sites for hydroxylation is 1. The first-order valence-electron chi connectivity index (χ1n) is 5.17. The second kappa shape index (κ2) is 5.90. The zero-order valence-corrected chi connectivity index (χ0v) is 9.78. The Bertz CT molecular complexity index is 400. The quantitative estimate of drug-likeness (QED) is 0.624. The van der Waals surface area contributed by atoms with Crippen LogP contribution in [0.25, 0.3) is 0 Å². The molecule has 0 saturated heterocycles. The number of aromatic nitrogens is 1. The Morgan fingerprint density at radius 1 is 1.62 bits per heavy atom. The van der Waals surface area contributed by atoms with Gasteiger partial charge in [0.25, 0.3) is 0 Å². The minimum atomic E-state index is -0.346. The van der Waals surface area contributed by atoms with Gasteiger partial charge in [-0.3, -0.25) is 0 Å². The molecule has 1 aromatic heterocycles. The second-order valence-electron chi connectivity index (χ2n) is 3.37. The maximum atomic E-state index is 11.2. The van der Waals surface area contributed by atoms with E-state index in [0.29, 0.717) is 12.3 Å². The molecular weight excluding hydrogens is 204 g/mol. The number of hydrogen-bond donors (Lipinski definition) is 1. The van der Waals surface area contributed by atoms with E-state index in [1.54, 1.807) is 20.0 Å². The first-order chi connectivity index (χ1) is 7.63. The van der Waals surface area contributed by atoms with E-state index in [-0.39, 0.29) is 5.97 Å². The fourth-order valence-corrected chi connectivity index (χ4v) is 1.20. The molecule has 0 aliphatic carbocycles. The van der Waals surface area contributed by atoms with Gasteiger partial charge in [-0.1, -0.05) is 6.07 Å². The first kappa shape index (κ1) is 12.2. The lowest BCUT2D eigenvalue weighted by molar-refractivity contribution is -0.137. The van der Waals surface area contributed by atoms with Gasteiger partial charge >= 0.3 is 5.97 Å². The Kier molecular flexibility index (Phi) is 4.51. The average Bonchev–Trinajstić information content (AvgIpc) is 2.21. The lowest BCUT2D eigenvalue weighted by Gasteiger charge is -2.07. The van der Waals surface area contributed by atoms with Gasteiger partial charge in [-0.2, -0.15) is 0 Å². The molecule has 0 aliphatic rings. The van der Waals surface area contributed by atoms with Gasteiger partial charge in [0.15, 0.2) is 0 Å². The molecule has 0 saturated carbocycles. The number of nitrogens with one attached hydrogen (secondary N) is 1. The monoisotopic (exact) mass is 220 g/mol. The number of carbonyl (C=O) groups is 1. The van der Waals surface area contributed by atoms with E-state index in [4.69, 9.17) is 4.74 Å². The number of carbonyl (C=O) groups excluding carboxylic acids is 1. The van der Waals surface area contributed by atoms with E-state index in [2.05, 4.69) is 10.3 Å². The van der Waals surface area contributed by atoms with Gasteiger partial charge in [-0.25, -0.2) is 9.78 Å². The summed E-state index contributed by atoms with van der Waals surface area (Å²) in [7, 11) is 0. The number of ether oxygens (including phenoxy) is 1. The molecule has 1 N–H and O–H groups in total. The first-order valence-corrected chi connectivity index (χ1v) is 5.17. The van der Waals surface area contributed by atoms with Gasteiger partial charge in [0.2, 0.25) is 0 Å². The van der Waals surface area contributed by atoms with Crippen LogP contribution in [0.15, 0.2) is 30.1 Å². The van der Waals surface area contributed by atoms with Gasteiger partial charge in [0, 0.05) is 18.0 Å². The molecule has 0 fully saturated rings. The summed E-state index contributed by atoms with van der Waals surface area (Å²) in [6.45, 7) is 5.90. The fraction of sp³-hybridized carbons (Fsp3) is 0.333. The van der Waals surface area contributed by atoms with Gasteiger partial charge in [-0.05, 0) is 32.4 Å².